The van der Waals surface area contributed by atoms with Gasteiger partial charge in [-0.3, -0.25) is 8.94 Å². The molecule has 2 N–H and O–H groups in total. The number of hydrogen-bond acceptors (Lipinski definition) is 3. The second-order valence-electron chi connectivity index (χ2n) is 3.65. The highest BCUT2D eigenvalue weighted by Gasteiger charge is 2.27. The predicted molar refractivity (Wildman–Crippen MR) is 62.8 cm³/mol. The van der Waals surface area contributed by atoms with Crippen molar-refractivity contribution in [3.8, 4) is 0 Å². The average molecular weight is 313 g/mol. The first-order chi connectivity index (χ1) is 9.20. The minimum atomic E-state index is -4.96. The van der Waals surface area contributed by atoms with Crippen molar-refractivity contribution in [3.05, 3.63) is 29.3 Å². The van der Waals surface area contributed by atoms with E-state index >= 15 is 0 Å². The number of hydrogen-bond donors (Lipinski definition) is 2. The predicted octanol–water partition coefficient (Wildman–Crippen LogP) is 1.63. The quantitative estimate of drug-likeness (QED) is 0.778. The van der Waals surface area contributed by atoms with Crippen molar-refractivity contribution in [2.24, 2.45) is 0 Å². The van der Waals surface area contributed by atoms with Gasteiger partial charge in [0.05, 0.1) is 12.4 Å². The molecule has 1 aromatic rings. The highest BCUT2D eigenvalue weighted by atomic mass is 32.2. The van der Waals surface area contributed by atoms with Gasteiger partial charge in [0.2, 0.25) is 0 Å². The number of carboxylic acids is 1. The van der Waals surface area contributed by atoms with Crippen molar-refractivity contribution >= 4 is 22.0 Å². The van der Waals surface area contributed by atoms with Gasteiger partial charge in [0.15, 0.2) is 5.82 Å². The van der Waals surface area contributed by atoms with Crippen LogP contribution < -0.4 is 4.31 Å². The Labute approximate surface area is 112 Å². The monoisotopic (exact) mass is 313 g/mol. The van der Waals surface area contributed by atoms with Crippen LogP contribution in [0, 0.1) is 11.6 Å². The molecule has 0 heterocycles. The Kier molecular flexibility index (Phi) is 4.95. The van der Waals surface area contributed by atoms with Crippen LogP contribution in [-0.4, -0.2) is 37.3 Å². The molecule has 0 aliphatic carbocycles. The van der Waals surface area contributed by atoms with E-state index in [0.717, 1.165) is 0 Å². The van der Waals surface area contributed by atoms with Crippen molar-refractivity contribution in [2.45, 2.75) is 6.42 Å². The minimum Gasteiger partial charge on any atom is -0.477 e. The summed E-state index contributed by atoms with van der Waals surface area (Å²) >= 11 is 0. The van der Waals surface area contributed by atoms with Crippen molar-refractivity contribution < 1.29 is 36.0 Å². The van der Waals surface area contributed by atoms with Gasteiger partial charge >= 0.3 is 16.3 Å². The number of benzene rings is 1. The van der Waals surface area contributed by atoms with Crippen LogP contribution in [0.5, 0.6) is 0 Å². The molecule has 20 heavy (non-hydrogen) atoms. The highest BCUT2D eigenvalue weighted by Crippen LogP contribution is 2.26. The number of carboxylic acid groups (broad SMARTS) is 1. The molecule has 0 fully saturated rings. The van der Waals surface area contributed by atoms with Crippen molar-refractivity contribution in [1.29, 1.82) is 0 Å². The van der Waals surface area contributed by atoms with Crippen molar-refractivity contribution in [2.75, 3.05) is 17.5 Å². The van der Waals surface area contributed by atoms with Gasteiger partial charge in [-0.05, 0) is 18.6 Å². The molecule has 1 rings (SSSR count). The minimum absolute atomic E-state index is 0.0633. The zero-order chi connectivity index (χ0) is 15.5. The van der Waals surface area contributed by atoms with Gasteiger partial charge < -0.3 is 5.11 Å². The molecule has 10 heteroatoms. The number of carbonyl (C=O) groups is 1. The summed E-state index contributed by atoms with van der Waals surface area (Å²) in [6.07, 6.45) is -0.362. The van der Waals surface area contributed by atoms with Gasteiger partial charge in [0.25, 0.3) is 0 Å². The highest BCUT2D eigenvalue weighted by molar-refractivity contribution is 7.87. The Morgan fingerprint density at radius 3 is 2.35 bits per heavy atom. The molecule has 1 aromatic carbocycles. The van der Waals surface area contributed by atoms with E-state index in [0.29, 0.717) is 12.1 Å². The Morgan fingerprint density at radius 1 is 1.30 bits per heavy atom. The lowest BCUT2D eigenvalue weighted by atomic mass is 10.1. The average Bonchev–Trinajstić information content (AvgIpc) is 2.30. The first-order valence-electron chi connectivity index (χ1n) is 5.22. The van der Waals surface area contributed by atoms with E-state index in [4.69, 9.17) is 9.66 Å². The van der Waals surface area contributed by atoms with E-state index < -0.39 is 52.4 Å². The number of alkyl halides is 1. The summed E-state index contributed by atoms with van der Waals surface area (Å²) < 4.78 is 70.3. The van der Waals surface area contributed by atoms with Crippen LogP contribution in [0.15, 0.2) is 12.1 Å². The molecule has 0 unspecified atom stereocenters. The number of anilines is 1. The SMILES string of the molecule is O=C(O)c1c(F)ccc(N(CCCF)S(=O)(=O)O)c1F. The van der Waals surface area contributed by atoms with Gasteiger partial charge in [-0.15, -0.1) is 0 Å². The third-order valence-corrected chi connectivity index (χ3v) is 3.26. The van der Waals surface area contributed by atoms with Crippen LogP contribution in [0.25, 0.3) is 0 Å². The molecule has 0 aliphatic heterocycles. The lowest BCUT2D eigenvalue weighted by molar-refractivity contribution is 0.0686. The molecule has 0 saturated heterocycles. The summed E-state index contributed by atoms with van der Waals surface area (Å²) in [5.74, 6) is -5.02. The van der Waals surface area contributed by atoms with E-state index in [2.05, 4.69) is 0 Å². The normalized spacial score (nSPS) is 11.4. The molecule has 6 nitrogen and oxygen atoms in total. The summed E-state index contributed by atoms with van der Waals surface area (Å²) in [7, 11) is -4.96. The second-order valence-corrected chi connectivity index (χ2v) is 4.99. The molecule has 0 aliphatic rings. The Balaban J connectivity index is 3.42. The first-order valence-corrected chi connectivity index (χ1v) is 6.62. The van der Waals surface area contributed by atoms with Gasteiger partial charge in [-0.25, -0.2) is 17.9 Å². The van der Waals surface area contributed by atoms with Crippen molar-refractivity contribution in [3.63, 3.8) is 0 Å². The number of halogens is 3. The molecular weight excluding hydrogens is 303 g/mol. The topological polar surface area (TPSA) is 94.9 Å². The summed E-state index contributed by atoms with van der Waals surface area (Å²) in [4.78, 5) is 10.7. The molecule has 0 saturated carbocycles. The molecule has 0 spiro atoms. The van der Waals surface area contributed by atoms with Crippen LogP contribution >= 0.6 is 0 Å². The number of nitrogens with zero attached hydrogens (tertiary/aromatic N) is 1. The van der Waals surface area contributed by atoms with Crippen LogP contribution in [0.3, 0.4) is 0 Å². The first kappa shape index (κ1) is 16.2. The molecule has 0 amide bonds. The fourth-order valence-electron chi connectivity index (χ4n) is 1.49. The van der Waals surface area contributed by atoms with Crippen LogP contribution in [-0.2, 0) is 10.3 Å². The van der Waals surface area contributed by atoms with E-state index in [1.807, 2.05) is 0 Å². The lowest BCUT2D eigenvalue weighted by Gasteiger charge is -2.21. The molecule has 0 bridgehead atoms. The zero-order valence-electron chi connectivity index (χ0n) is 9.88. The fourth-order valence-corrected chi connectivity index (χ4v) is 2.24. The third kappa shape index (κ3) is 3.39. The maximum absolute atomic E-state index is 13.9. The maximum Gasteiger partial charge on any atom is 0.360 e. The van der Waals surface area contributed by atoms with E-state index in [1.165, 1.54) is 0 Å². The maximum atomic E-state index is 13.9. The van der Waals surface area contributed by atoms with Crippen LogP contribution in [0.1, 0.15) is 16.8 Å². The summed E-state index contributed by atoms with van der Waals surface area (Å²) in [6, 6.07) is 1.18. The molecular formula is C10H10F3NO5S. The third-order valence-electron chi connectivity index (χ3n) is 2.33. The Hall–Kier alpha value is -1.81. The van der Waals surface area contributed by atoms with Gasteiger partial charge in [-0.1, -0.05) is 0 Å². The Morgan fingerprint density at radius 2 is 1.90 bits per heavy atom. The molecule has 0 atom stereocenters. The van der Waals surface area contributed by atoms with E-state index in [-0.39, 0.29) is 10.7 Å². The summed E-state index contributed by atoms with van der Waals surface area (Å²) in [5, 5.41) is 8.66. The molecule has 112 valence electrons. The van der Waals surface area contributed by atoms with Crippen LogP contribution in [0.4, 0.5) is 18.9 Å². The zero-order valence-corrected chi connectivity index (χ0v) is 10.7. The summed E-state index contributed by atoms with van der Waals surface area (Å²) in [5.41, 5.74) is -2.24. The van der Waals surface area contributed by atoms with Crippen LogP contribution in [0.2, 0.25) is 0 Å². The largest absolute Gasteiger partial charge is 0.477 e. The van der Waals surface area contributed by atoms with E-state index in [1.54, 1.807) is 0 Å². The number of aromatic carboxylic acids is 1. The lowest BCUT2D eigenvalue weighted by Crippen LogP contribution is -2.32. The van der Waals surface area contributed by atoms with Gasteiger partial charge in [-0.2, -0.15) is 8.42 Å². The molecule has 0 aromatic heterocycles. The number of rotatable bonds is 6. The van der Waals surface area contributed by atoms with Gasteiger partial charge in [0, 0.05) is 6.54 Å². The fraction of sp³-hybridized carbons (Fsp3) is 0.300. The standard InChI is InChI=1S/C10H10F3NO5S/c11-4-1-5-14(20(17,18)19)7-3-2-6(12)8(9(7)13)10(15)16/h2-3H,1,4-5H2,(H,15,16)(H,17,18,19). The van der Waals surface area contributed by atoms with Gasteiger partial charge in [0.1, 0.15) is 11.4 Å². The summed E-state index contributed by atoms with van der Waals surface area (Å²) in [6.45, 7) is -1.57. The smallest absolute Gasteiger partial charge is 0.360 e. The van der Waals surface area contributed by atoms with Crippen molar-refractivity contribution in [1.82, 2.24) is 0 Å². The Bertz CT molecular complexity index is 620. The molecule has 0 radical (unpaired) electrons. The second kappa shape index (κ2) is 6.09. The van der Waals surface area contributed by atoms with E-state index in [9.17, 15) is 26.4 Å².